The van der Waals surface area contributed by atoms with Gasteiger partial charge in [0.25, 0.3) is 0 Å². The number of hydrogen-bond donors (Lipinski definition) is 0. The molecular weight excluding hydrogens is 283 g/mol. The molecule has 3 aromatic carbocycles. The van der Waals surface area contributed by atoms with Crippen molar-refractivity contribution in [1.29, 1.82) is 5.39 Å². The highest BCUT2D eigenvalue weighted by Gasteiger charge is 2.20. The van der Waals surface area contributed by atoms with Gasteiger partial charge in [0.2, 0.25) is 5.39 Å². The first-order valence-electron chi connectivity index (χ1n) is 6.03. The number of rotatable bonds is 0. The lowest BCUT2D eigenvalue weighted by Crippen LogP contribution is -2.02. The summed E-state index contributed by atoms with van der Waals surface area (Å²) >= 11 is 0. The third kappa shape index (κ3) is 3.69. The average molecular weight is 292 g/mol. The van der Waals surface area contributed by atoms with Gasteiger partial charge in [0.1, 0.15) is 0 Å². The van der Waals surface area contributed by atoms with Crippen LogP contribution in [0.3, 0.4) is 0 Å². The standard InChI is InChI=1S/C14H9N2.BF4/c15-16-14-12-7-3-1-5-10(12)9-11-6-2-4-8-13(11)14;2-1(3,4)5/h1-9H;/q+1;-1. The Balaban J connectivity index is 0.000000282. The van der Waals surface area contributed by atoms with E-state index in [9.17, 15) is 17.3 Å². The molecule has 0 saturated carbocycles. The van der Waals surface area contributed by atoms with E-state index >= 15 is 0 Å². The van der Waals surface area contributed by atoms with Crippen LogP contribution in [0.1, 0.15) is 0 Å². The lowest BCUT2D eigenvalue weighted by Gasteiger charge is -1.98. The summed E-state index contributed by atoms with van der Waals surface area (Å²) < 4.78 is 39.0. The fourth-order valence-corrected chi connectivity index (χ4v) is 2.10. The van der Waals surface area contributed by atoms with Crippen LogP contribution in [0.15, 0.2) is 54.6 Å². The lowest BCUT2D eigenvalue weighted by molar-refractivity contribution is 0.368. The van der Waals surface area contributed by atoms with E-state index < -0.39 is 7.25 Å². The third-order valence-electron chi connectivity index (χ3n) is 2.84. The van der Waals surface area contributed by atoms with Gasteiger partial charge in [0.05, 0.1) is 10.8 Å². The Hall–Kier alpha value is -2.62. The van der Waals surface area contributed by atoms with Crippen molar-refractivity contribution in [2.45, 2.75) is 0 Å². The van der Waals surface area contributed by atoms with Crippen LogP contribution >= 0.6 is 0 Å². The van der Waals surface area contributed by atoms with Crippen molar-refractivity contribution in [2.75, 3.05) is 0 Å². The van der Waals surface area contributed by atoms with Gasteiger partial charge in [0, 0.05) is 0 Å². The summed E-state index contributed by atoms with van der Waals surface area (Å²) in [6, 6.07) is 18.0. The predicted molar refractivity (Wildman–Crippen MR) is 76.4 cm³/mol. The number of fused-ring (bicyclic) bond motifs is 2. The summed E-state index contributed by atoms with van der Waals surface area (Å²) in [6.07, 6.45) is 0. The molecule has 0 heterocycles. The van der Waals surface area contributed by atoms with E-state index in [-0.39, 0.29) is 0 Å². The third-order valence-corrected chi connectivity index (χ3v) is 2.84. The predicted octanol–water partition coefficient (Wildman–Crippen LogP) is 5.78. The van der Waals surface area contributed by atoms with Gasteiger partial charge in [-0.1, -0.05) is 36.4 Å². The van der Waals surface area contributed by atoms with Crippen LogP contribution < -0.4 is 0 Å². The van der Waals surface area contributed by atoms with Gasteiger partial charge in [-0.05, 0) is 29.0 Å². The summed E-state index contributed by atoms with van der Waals surface area (Å²) in [5, 5.41) is 13.3. The van der Waals surface area contributed by atoms with Crippen LogP contribution in [0.25, 0.3) is 26.5 Å². The van der Waals surface area contributed by atoms with Crippen molar-refractivity contribution in [1.82, 2.24) is 0 Å². The highest BCUT2D eigenvalue weighted by molar-refractivity contribution is 6.50. The molecule has 3 rings (SSSR count). The van der Waals surface area contributed by atoms with Crippen LogP contribution in [0, 0.1) is 5.39 Å². The zero-order valence-corrected chi connectivity index (χ0v) is 10.7. The maximum Gasteiger partial charge on any atom is 0.673 e. The Bertz CT molecular complexity index is 764. The summed E-state index contributed by atoms with van der Waals surface area (Å²) in [7, 11) is -6.00. The largest absolute Gasteiger partial charge is 0.673 e. The molecule has 0 saturated heterocycles. The lowest BCUT2D eigenvalue weighted by atomic mass is 10.0. The maximum atomic E-state index is 9.75. The second-order valence-electron chi connectivity index (χ2n) is 4.26. The molecule has 0 aliphatic carbocycles. The minimum Gasteiger partial charge on any atom is -0.418 e. The van der Waals surface area contributed by atoms with E-state index in [0.717, 1.165) is 21.5 Å². The maximum absolute atomic E-state index is 9.75. The minimum absolute atomic E-state index is 0.647. The molecule has 0 N–H and O–H groups in total. The van der Waals surface area contributed by atoms with Crippen molar-refractivity contribution >= 4 is 34.5 Å². The Morgan fingerprint density at radius 3 is 1.52 bits per heavy atom. The minimum atomic E-state index is -6.00. The average Bonchev–Trinajstić information content (AvgIpc) is 2.43. The zero-order chi connectivity index (χ0) is 15.5. The van der Waals surface area contributed by atoms with E-state index in [4.69, 9.17) is 5.39 Å². The van der Waals surface area contributed by atoms with Gasteiger partial charge in [0.15, 0.2) is 4.98 Å². The molecule has 3 aromatic rings. The van der Waals surface area contributed by atoms with Gasteiger partial charge in [-0.25, -0.2) is 0 Å². The Kier molecular flexibility index (Phi) is 4.08. The number of diazo groups is 1. The van der Waals surface area contributed by atoms with E-state index in [0.29, 0.717) is 5.69 Å². The van der Waals surface area contributed by atoms with Crippen molar-refractivity contribution < 1.29 is 17.3 Å². The molecule has 7 heteroatoms. The Labute approximate surface area is 117 Å². The second-order valence-corrected chi connectivity index (χ2v) is 4.26. The molecule has 0 fully saturated rings. The van der Waals surface area contributed by atoms with E-state index in [1.807, 2.05) is 48.5 Å². The van der Waals surface area contributed by atoms with Crippen molar-refractivity contribution in [3.05, 3.63) is 59.6 Å². The first-order valence-corrected chi connectivity index (χ1v) is 6.03. The zero-order valence-electron chi connectivity index (χ0n) is 10.7. The summed E-state index contributed by atoms with van der Waals surface area (Å²) in [5.41, 5.74) is 0.647. The summed E-state index contributed by atoms with van der Waals surface area (Å²) in [5.74, 6) is 0. The van der Waals surface area contributed by atoms with Crippen LogP contribution in [0.2, 0.25) is 0 Å². The first kappa shape index (κ1) is 14.8. The van der Waals surface area contributed by atoms with Gasteiger partial charge in [-0.15, -0.1) is 0 Å². The number of halogens is 4. The summed E-state index contributed by atoms with van der Waals surface area (Å²) in [4.78, 5) is 3.43. The van der Waals surface area contributed by atoms with Crippen molar-refractivity contribution in [2.24, 2.45) is 0 Å². The normalized spacial score (nSPS) is 10.8. The number of hydrogen-bond acceptors (Lipinski definition) is 1. The van der Waals surface area contributed by atoms with Gasteiger partial charge in [-0.3, -0.25) is 0 Å². The number of benzene rings is 3. The van der Waals surface area contributed by atoms with Crippen LogP contribution in [0.5, 0.6) is 0 Å². The van der Waals surface area contributed by atoms with Crippen LogP contribution in [-0.2, 0) is 0 Å². The van der Waals surface area contributed by atoms with E-state index in [1.165, 1.54) is 0 Å². The molecule has 106 valence electrons. The molecule has 0 atom stereocenters. The van der Waals surface area contributed by atoms with E-state index in [2.05, 4.69) is 11.0 Å². The van der Waals surface area contributed by atoms with Crippen LogP contribution in [-0.4, -0.2) is 7.25 Å². The van der Waals surface area contributed by atoms with Gasteiger partial charge < -0.3 is 17.3 Å². The fourth-order valence-electron chi connectivity index (χ4n) is 2.10. The van der Waals surface area contributed by atoms with Crippen LogP contribution in [0.4, 0.5) is 23.0 Å². The SMILES string of the molecule is F[B-](F)(F)F.N#[N+]c1c2ccccc2cc2ccccc12. The number of nitrogens with zero attached hydrogens (tertiary/aromatic N) is 2. The van der Waals surface area contributed by atoms with E-state index in [1.54, 1.807) is 0 Å². The highest BCUT2D eigenvalue weighted by atomic mass is 19.5. The topological polar surface area (TPSA) is 28.1 Å². The first-order chi connectivity index (χ1) is 9.90. The van der Waals surface area contributed by atoms with Gasteiger partial charge in [-0.2, -0.15) is 0 Å². The Morgan fingerprint density at radius 1 is 0.762 bits per heavy atom. The van der Waals surface area contributed by atoms with Crippen molar-refractivity contribution in [3.8, 4) is 0 Å². The molecule has 0 aromatic heterocycles. The molecule has 2 nitrogen and oxygen atoms in total. The molecule has 0 aliphatic heterocycles. The molecule has 21 heavy (non-hydrogen) atoms. The molecule has 0 bridgehead atoms. The van der Waals surface area contributed by atoms with Crippen molar-refractivity contribution in [3.63, 3.8) is 0 Å². The summed E-state index contributed by atoms with van der Waals surface area (Å²) in [6.45, 7) is 0. The molecule has 0 aliphatic rings. The second kappa shape index (κ2) is 5.79. The smallest absolute Gasteiger partial charge is 0.418 e. The van der Waals surface area contributed by atoms with Gasteiger partial charge >= 0.3 is 12.9 Å². The molecular formula is C14H9BF4N2. The fraction of sp³-hybridized carbons (Fsp3) is 0. The molecule has 0 amide bonds. The molecule has 0 spiro atoms. The highest BCUT2D eigenvalue weighted by Crippen LogP contribution is 2.34. The monoisotopic (exact) mass is 292 g/mol. The Morgan fingerprint density at radius 2 is 1.14 bits per heavy atom. The molecule has 0 unspecified atom stereocenters. The quantitative estimate of drug-likeness (QED) is 0.223. The molecule has 0 radical (unpaired) electrons.